The van der Waals surface area contributed by atoms with Crippen LogP contribution in [0.15, 0.2) is 24.3 Å². The summed E-state index contributed by atoms with van der Waals surface area (Å²) in [7, 11) is -1.27. The molecule has 0 aromatic heterocycles. The van der Waals surface area contributed by atoms with Crippen molar-refractivity contribution in [3.63, 3.8) is 0 Å². The van der Waals surface area contributed by atoms with Gasteiger partial charge in [0.25, 0.3) is 0 Å². The number of carboxylic acids is 1. The molecule has 120 valence electrons. The smallest absolute Gasteiger partial charge is 0.335 e. The Morgan fingerprint density at radius 1 is 1.23 bits per heavy atom. The van der Waals surface area contributed by atoms with Crippen molar-refractivity contribution in [2.45, 2.75) is 25.5 Å². The molecule has 1 fully saturated rings. The van der Waals surface area contributed by atoms with Crippen LogP contribution >= 0.6 is 0 Å². The molecule has 1 aliphatic heterocycles. The molecule has 1 atom stereocenters. The summed E-state index contributed by atoms with van der Waals surface area (Å²) in [6.07, 6.45) is 2.02. The van der Waals surface area contributed by atoms with E-state index in [0.717, 1.165) is 31.5 Å². The maximum Gasteiger partial charge on any atom is 0.335 e. The van der Waals surface area contributed by atoms with Gasteiger partial charge in [-0.3, -0.25) is 9.00 Å². The number of aromatic carboxylic acids is 1. The molecule has 6 heteroatoms. The highest BCUT2D eigenvalue weighted by Crippen LogP contribution is 2.16. The molecule has 1 N–H and O–H groups in total. The molecule has 0 radical (unpaired) electrons. The third-order valence-electron chi connectivity index (χ3n) is 3.95. The third kappa shape index (κ3) is 4.66. The van der Waals surface area contributed by atoms with E-state index in [1.54, 1.807) is 17.0 Å². The van der Waals surface area contributed by atoms with Crippen molar-refractivity contribution >= 4 is 22.7 Å². The molecule has 0 saturated carbocycles. The lowest BCUT2D eigenvalue weighted by Gasteiger charge is -2.30. The third-order valence-corrected chi connectivity index (χ3v) is 5.17. The van der Waals surface area contributed by atoms with Crippen molar-refractivity contribution in [1.29, 1.82) is 0 Å². The average molecular weight is 323 g/mol. The van der Waals surface area contributed by atoms with Crippen LogP contribution in [0, 0.1) is 5.92 Å². The fourth-order valence-electron chi connectivity index (χ4n) is 2.47. The van der Waals surface area contributed by atoms with Gasteiger partial charge in [-0.15, -0.1) is 0 Å². The molecule has 22 heavy (non-hydrogen) atoms. The molecule has 1 heterocycles. The molecule has 0 spiro atoms. The normalized spacial score (nSPS) is 17.2. The van der Waals surface area contributed by atoms with Gasteiger partial charge in [0.2, 0.25) is 5.91 Å². The number of nitrogens with zero attached hydrogens (tertiary/aromatic N) is 1. The summed E-state index contributed by atoms with van der Waals surface area (Å²) in [4.78, 5) is 24.7. The van der Waals surface area contributed by atoms with Crippen LogP contribution in [0.25, 0.3) is 0 Å². The van der Waals surface area contributed by atoms with Crippen molar-refractivity contribution in [1.82, 2.24) is 4.90 Å². The average Bonchev–Trinajstić information content (AvgIpc) is 2.48. The van der Waals surface area contributed by atoms with E-state index in [1.807, 2.05) is 0 Å². The fourth-order valence-corrected chi connectivity index (χ4v) is 3.59. The van der Waals surface area contributed by atoms with Crippen LogP contribution in [-0.2, 0) is 21.3 Å². The van der Waals surface area contributed by atoms with Gasteiger partial charge in [0.1, 0.15) is 5.75 Å². The van der Waals surface area contributed by atoms with Crippen molar-refractivity contribution < 1.29 is 18.9 Å². The first-order valence-corrected chi connectivity index (χ1v) is 8.89. The van der Waals surface area contributed by atoms with Crippen molar-refractivity contribution in [2.75, 3.05) is 18.8 Å². The number of carbonyl (C=O) groups is 2. The lowest BCUT2D eigenvalue weighted by molar-refractivity contribution is -0.129. The molecule has 5 nitrogen and oxygen atoms in total. The zero-order valence-corrected chi connectivity index (χ0v) is 13.5. The highest BCUT2D eigenvalue weighted by Gasteiger charge is 2.21. The zero-order chi connectivity index (χ0) is 16.1. The summed E-state index contributed by atoms with van der Waals surface area (Å²) >= 11 is 0. The Bertz CT molecular complexity index is 562. The Labute approximate surface area is 132 Å². The van der Waals surface area contributed by atoms with Crippen molar-refractivity contribution in [3.05, 3.63) is 35.4 Å². The van der Waals surface area contributed by atoms with Gasteiger partial charge in [0.15, 0.2) is 0 Å². The highest BCUT2D eigenvalue weighted by atomic mass is 32.2. The zero-order valence-electron chi connectivity index (χ0n) is 12.7. The van der Waals surface area contributed by atoms with E-state index in [-0.39, 0.29) is 23.0 Å². The Morgan fingerprint density at radius 3 is 2.36 bits per heavy atom. The number of benzene rings is 1. The van der Waals surface area contributed by atoms with Gasteiger partial charge in [0, 0.05) is 29.6 Å². The van der Waals surface area contributed by atoms with Gasteiger partial charge in [-0.1, -0.05) is 19.1 Å². The fraction of sp³-hybridized carbons (Fsp3) is 0.500. The topological polar surface area (TPSA) is 74.7 Å². The second-order valence-electron chi connectivity index (χ2n) is 5.79. The monoisotopic (exact) mass is 323 g/mol. The first-order valence-electron chi connectivity index (χ1n) is 7.40. The second-order valence-corrected chi connectivity index (χ2v) is 7.25. The standard InChI is InChI=1S/C16H21NO4S/c1-12-6-8-17(9-7-12)15(18)11-22(21)10-13-2-4-14(5-3-13)16(19)20/h2-5,12H,6-11H2,1H3,(H,19,20). The van der Waals surface area contributed by atoms with Crippen LogP contribution in [0.3, 0.4) is 0 Å². The molecule has 0 bridgehead atoms. The molecule has 1 unspecified atom stereocenters. The first kappa shape index (κ1) is 16.7. The van der Waals surface area contributed by atoms with E-state index in [0.29, 0.717) is 5.92 Å². The number of likely N-dealkylation sites (tertiary alicyclic amines) is 1. The molecular formula is C16H21NO4S. The summed E-state index contributed by atoms with van der Waals surface area (Å²) in [5.41, 5.74) is 0.983. The van der Waals surface area contributed by atoms with Crippen molar-refractivity contribution in [2.24, 2.45) is 5.92 Å². The van der Waals surface area contributed by atoms with Gasteiger partial charge in [0.05, 0.1) is 5.56 Å². The number of amides is 1. The Balaban J connectivity index is 1.84. The largest absolute Gasteiger partial charge is 0.478 e. The SMILES string of the molecule is CC1CCN(C(=O)CS(=O)Cc2ccc(C(=O)O)cc2)CC1. The van der Waals surface area contributed by atoms with Gasteiger partial charge in [-0.2, -0.15) is 0 Å². The maximum atomic E-state index is 12.1. The summed E-state index contributed by atoms with van der Waals surface area (Å²) < 4.78 is 12.1. The molecule has 1 saturated heterocycles. The lowest BCUT2D eigenvalue weighted by Crippen LogP contribution is -2.40. The number of carboxylic acid groups (broad SMARTS) is 1. The summed E-state index contributed by atoms with van der Waals surface area (Å²) in [5, 5.41) is 8.83. The van der Waals surface area contributed by atoms with Gasteiger partial charge < -0.3 is 10.0 Å². The van der Waals surface area contributed by atoms with Gasteiger partial charge >= 0.3 is 5.97 Å². The second kappa shape index (κ2) is 7.54. The molecule has 1 amide bonds. The summed E-state index contributed by atoms with van der Waals surface area (Å²) in [6.45, 7) is 3.69. The van der Waals surface area contributed by atoms with E-state index in [4.69, 9.17) is 5.11 Å². The minimum atomic E-state index is -1.27. The number of hydrogen-bond donors (Lipinski definition) is 1. The van der Waals surface area contributed by atoms with Crippen LogP contribution < -0.4 is 0 Å². The molecule has 2 rings (SSSR count). The molecule has 1 aliphatic rings. The quantitative estimate of drug-likeness (QED) is 0.898. The summed E-state index contributed by atoms with van der Waals surface area (Å²) in [6, 6.07) is 6.27. The van der Waals surface area contributed by atoms with Crippen LogP contribution in [0.1, 0.15) is 35.7 Å². The van der Waals surface area contributed by atoms with Gasteiger partial charge in [-0.25, -0.2) is 4.79 Å². The van der Waals surface area contributed by atoms with E-state index in [9.17, 15) is 13.8 Å². The van der Waals surface area contributed by atoms with Crippen LogP contribution in [0.4, 0.5) is 0 Å². The van der Waals surface area contributed by atoms with Crippen molar-refractivity contribution in [3.8, 4) is 0 Å². The van der Waals surface area contributed by atoms with E-state index >= 15 is 0 Å². The van der Waals surface area contributed by atoms with Crippen LogP contribution in [0.2, 0.25) is 0 Å². The predicted molar refractivity (Wildman–Crippen MR) is 85.1 cm³/mol. The number of hydrogen-bond acceptors (Lipinski definition) is 3. The first-order chi connectivity index (χ1) is 10.5. The molecular weight excluding hydrogens is 302 g/mol. The predicted octanol–water partition coefficient (Wildman–Crippen LogP) is 1.89. The van der Waals surface area contributed by atoms with E-state index in [2.05, 4.69) is 6.92 Å². The maximum absolute atomic E-state index is 12.1. The van der Waals surface area contributed by atoms with E-state index in [1.165, 1.54) is 12.1 Å². The van der Waals surface area contributed by atoms with E-state index < -0.39 is 16.8 Å². The molecule has 0 aliphatic carbocycles. The lowest BCUT2D eigenvalue weighted by atomic mass is 9.99. The van der Waals surface area contributed by atoms with Gasteiger partial charge in [-0.05, 0) is 36.5 Å². The highest BCUT2D eigenvalue weighted by molar-refractivity contribution is 7.84. The Hall–Kier alpha value is -1.69. The van der Waals surface area contributed by atoms with Crippen LogP contribution in [-0.4, -0.2) is 44.9 Å². The van der Waals surface area contributed by atoms with Crippen LogP contribution in [0.5, 0.6) is 0 Å². The molecule has 1 aromatic rings. The Kier molecular flexibility index (Phi) is 5.71. The number of carbonyl (C=O) groups excluding carboxylic acids is 1. The minimum absolute atomic E-state index is 0.0368. The number of rotatable bonds is 5. The number of piperidine rings is 1. The minimum Gasteiger partial charge on any atom is -0.478 e. The summed E-state index contributed by atoms with van der Waals surface area (Å²) in [5.74, 6) is -0.0674. The molecule has 1 aromatic carbocycles. The Morgan fingerprint density at radius 2 is 1.82 bits per heavy atom.